The van der Waals surface area contributed by atoms with Crippen LogP contribution in [0.2, 0.25) is 5.02 Å². The molecule has 1 aliphatic rings. The Labute approximate surface area is 99.4 Å². The summed E-state index contributed by atoms with van der Waals surface area (Å²) >= 11 is 11.9. The molecule has 2 rings (SSSR count). The molecule has 5 heteroatoms. The molecule has 0 bridgehead atoms. The van der Waals surface area contributed by atoms with Gasteiger partial charge in [0.1, 0.15) is 11.3 Å². The Hall–Kier alpha value is -0.540. The maximum Gasteiger partial charge on any atom is 0.150 e. The quantitative estimate of drug-likeness (QED) is 0.751. The predicted molar refractivity (Wildman–Crippen MR) is 62.7 cm³/mol. The Morgan fingerprint density at radius 2 is 2.13 bits per heavy atom. The molecule has 0 radical (unpaired) electrons. The minimum absolute atomic E-state index is 0.627. The third kappa shape index (κ3) is 2.52. The topological polar surface area (TPSA) is 29.0 Å². The summed E-state index contributed by atoms with van der Waals surface area (Å²) in [6.45, 7) is 1.96. The summed E-state index contributed by atoms with van der Waals surface area (Å²) < 4.78 is 0. The summed E-state index contributed by atoms with van der Waals surface area (Å²) in [6.07, 6.45) is 5.40. The summed E-state index contributed by atoms with van der Waals surface area (Å²) in [7, 11) is 0. The molecule has 15 heavy (non-hydrogen) atoms. The van der Waals surface area contributed by atoms with Crippen molar-refractivity contribution in [1.82, 2.24) is 9.97 Å². The largest absolute Gasteiger partial charge is 0.355 e. The monoisotopic (exact) mass is 245 g/mol. The second-order valence-corrected chi connectivity index (χ2v) is 4.49. The van der Waals surface area contributed by atoms with E-state index < -0.39 is 0 Å². The lowest BCUT2D eigenvalue weighted by Gasteiger charge is -2.32. The number of alkyl halides is 1. The van der Waals surface area contributed by atoms with Gasteiger partial charge >= 0.3 is 0 Å². The van der Waals surface area contributed by atoms with Gasteiger partial charge in [-0.15, -0.1) is 11.6 Å². The van der Waals surface area contributed by atoms with E-state index in [-0.39, 0.29) is 0 Å². The second-order valence-electron chi connectivity index (χ2n) is 3.78. The van der Waals surface area contributed by atoms with E-state index in [0.717, 1.165) is 37.6 Å². The minimum atomic E-state index is 0.627. The van der Waals surface area contributed by atoms with Crippen molar-refractivity contribution in [3.05, 3.63) is 17.5 Å². The molecule has 1 saturated heterocycles. The van der Waals surface area contributed by atoms with Crippen LogP contribution in [0.3, 0.4) is 0 Å². The van der Waals surface area contributed by atoms with Gasteiger partial charge in [-0.2, -0.15) is 0 Å². The van der Waals surface area contributed by atoms with Crippen LogP contribution in [0.1, 0.15) is 12.8 Å². The van der Waals surface area contributed by atoms with Crippen LogP contribution in [0.15, 0.2) is 12.5 Å². The zero-order valence-corrected chi connectivity index (χ0v) is 9.88. The Kier molecular flexibility index (Phi) is 3.65. The fourth-order valence-electron chi connectivity index (χ4n) is 1.84. The standard InChI is InChI=1S/C10H13Cl2N3/c11-5-8-1-3-15(4-2-8)10-9(12)6-13-7-14-10/h6-8H,1-5H2. The molecule has 0 amide bonds. The zero-order chi connectivity index (χ0) is 10.7. The van der Waals surface area contributed by atoms with Gasteiger partial charge in [0.25, 0.3) is 0 Å². The van der Waals surface area contributed by atoms with Crippen LogP contribution in [-0.2, 0) is 0 Å². The summed E-state index contributed by atoms with van der Waals surface area (Å²) in [4.78, 5) is 10.3. The summed E-state index contributed by atoms with van der Waals surface area (Å²) in [5, 5.41) is 0.627. The molecule has 1 aliphatic heterocycles. The highest BCUT2D eigenvalue weighted by Gasteiger charge is 2.20. The molecule has 0 atom stereocenters. The van der Waals surface area contributed by atoms with Crippen molar-refractivity contribution in [3.8, 4) is 0 Å². The van der Waals surface area contributed by atoms with E-state index in [1.807, 2.05) is 0 Å². The van der Waals surface area contributed by atoms with Gasteiger partial charge in [-0.3, -0.25) is 0 Å². The number of piperidine rings is 1. The smallest absolute Gasteiger partial charge is 0.150 e. The van der Waals surface area contributed by atoms with Gasteiger partial charge in [-0.05, 0) is 18.8 Å². The molecule has 1 fully saturated rings. The van der Waals surface area contributed by atoms with Crippen molar-refractivity contribution in [2.24, 2.45) is 5.92 Å². The summed E-state index contributed by atoms with van der Waals surface area (Å²) in [5.41, 5.74) is 0. The predicted octanol–water partition coefficient (Wildman–Crippen LogP) is 2.59. The fourth-order valence-corrected chi connectivity index (χ4v) is 2.37. The first-order chi connectivity index (χ1) is 7.31. The number of rotatable bonds is 2. The first-order valence-corrected chi connectivity index (χ1v) is 5.99. The fraction of sp³-hybridized carbons (Fsp3) is 0.600. The van der Waals surface area contributed by atoms with E-state index in [0.29, 0.717) is 10.9 Å². The van der Waals surface area contributed by atoms with Crippen LogP contribution in [0, 0.1) is 5.92 Å². The SMILES string of the molecule is ClCC1CCN(c2ncncc2Cl)CC1. The van der Waals surface area contributed by atoms with Crippen molar-refractivity contribution >= 4 is 29.0 Å². The van der Waals surface area contributed by atoms with Crippen molar-refractivity contribution in [1.29, 1.82) is 0 Å². The number of hydrogen-bond donors (Lipinski definition) is 0. The highest BCUT2D eigenvalue weighted by atomic mass is 35.5. The molecule has 0 aliphatic carbocycles. The lowest BCUT2D eigenvalue weighted by Crippen LogP contribution is -2.34. The van der Waals surface area contributed by atoms with Crippen LogP contribution >= 0.6 is 23.2 Å². The molecule has 0 spiro atoms. The van der Waals surface area contributed by atoms with E-state index in [4.69, 9.17) is 23.2 Å². The van der Waals surface area contributed by atoms with Gasteiger partial charge in [0, 0.05) is 19.0 Å². The van der Waals surface area contributed by atoms with Crippen molar-refractivity contribution in [2.75, 3.05) is 23.9 Å². The van der Waals surface area contributed by atoms with Crippen molar-refractivity contribution < 1.29 is 0 Å². The third-order valence-corrected chi connectivity index (χ3v) is 3.48. The van der Waals surface area contributed by atoms with E-state index >= 15 is 0 Å². The maximum absolute atomic E-state index is 6.04. The second kappa shape index (κ2) is 4.99. The molecule has 2 heterocycles. The molecule has 0 aromatic carbocycles. The molecular weight excluding hydrogens is 233 g/mol. The minimum Gasteiger partial charge on any atom is -0.355 e. The lowest BCUT2D eigenvalue weighted by atomic mass is 9.99. The Balaban J connectivity index is 2.04. The molecule has 0 saturated carbocycles. The van der Waals surface area contributed by atoms with Crippen LogP contribution in [0.25, 0.3) is 0 Å². The van der Waals surface area contributed by atoms with Crippen LogP contribution in [0.4, 0.5) is 5.82 Å². The number of aromatic nitrogens is 2. The zero-order valence-electron chi connectivity index (χ0n) is 8.37. The van der Waals surface area contributed by atoms with Crippen LogP contribution in [0.5, 0.6) is 0 Å². The van der Waals surface area contributed by atoms with Gasteiger partial charge in [-0.25, -0.2) is 9.97 Å². The van der Waals surface area contributed by atoms with Crippen molar-refractivity contribution in [3.63, 3.8) is 0 Å². The third-order valence-electron chi connectivity index (χ3n) is 2.78. The van der Waals surface area contributed by atoms with E-state index in [1.165, 1.54) is 6.33 Å². The molecule has 3 nitrogen and oxygen atoms in total. The number of anilines is 1. The van der Waals surface area contributed by atoms with Gasteiger partial charge in [0.2, 0.25) is 0 Å². The summed E-state index contributed by atoms with van der Waals surface area (Å²) in [6, 6.07) is 0. The molecule has 0 N–H and O–H groups in total. The number of hydrogen-bond acceptors (Lipinski definition) is 3. The molecule has 1 aromatic heterocycles. The first kappa shape index (κ1) is 11.0. The molecule has 82 valence electrons. The Morgan fingerprint density at radius 1 is 1.40 bits per heavy atom. The average molecular weight is 246 g/mol. The summed E-state index contributed by atoms with van der Waals surface area (Å²) in [5.74, 6) is 2.24. The van der Waals surface area contributed by atoms with E-state index in [9.17, 15) is 0 Å². The van der Waals surface area contributed by atoms with E-state index in [1.54, 1.807) is 6.20 Å². The molecular formula is C10H13Cl2N3. The van der Waals surface area contributed by atoms with Crippen LogP contribution < -0.4 is 4.90 Å². The van der Waals surface area contributed by atoms with Gasteiger partial charge in [0.15, 0.2) is 5.82 Å². The van der Waals surface area contributed by atoms with Gasteiger partial charge in [0.05, 0.1) is 6.20 Å². The Bertz CT molecular complexity index is 324. The van der Waals surface area contributed by atoms with Gasteiger partial charge < -0.3 is 4.90 Å². The maximum atomic E-state index is 6.04. The highest BCUT2D eigenvalue weighted by molar-refractivity contribution is 6.32. The van der Waals surface area contributed by atoms with Crippen LogP contribution in [-0.4, -0.2) is 28.9 Å². The number of halogens is 2. The highest BCUT2D eigenvalue weighted by Crippen LogP contribution is 2.26. The van der Waals surface area contributed by atoms with Gasteiger partial charge in [-0.1, -0.05) is 11.6 Å². The first-order valence-electron chi connectivity index (χ1n) is 5.07. The lowest BCUT2D eigenvalue weighted by molar-refractivity contribution is 0.441. The van der Waals surface area contributed by atoms with E-state index in [2.05, 4.69) is 14.9 Å². The number of nitrogens with zero attached hydrogens (tertiary/aromatic N) is 3. The molecule has 1 aromatic rings. The molecule has 0 unspecified atom stereocenters. The average Bonchev–Trinajstić information content (AvgIpc) is 2.30. The van der Waals surface area contributed by atoms with Crippen molar-refractivity contribution in [2.45, 2.75) is 12.8 Å². The Morgan fingerprint density at radius 3 is 2.73 bits per heavy atom. The normalized spacial score (nSPS) is 18.1.